The van der Waals surface area contributed by atoms with Crippen molar-refractivity contribution in [1.29, 1.82) is 0 Å². The second-order valence-electron chi connectivity index (χ2n) is 14.2. The van der Waals surface area contributed by atoms with Crippen LogP contribution >= 0.6 is 0 Å². The van der Waals surface area contributed by atoms with Crippen molar-refractivity contribution in [3.8, 4) is 0 Å². The molecule has 0 unspecified atom stereocenters. The molecule has 0 N–H and O–H groups in total. The van der Waals surface area contributed by atoms with Crippen molar-refractivity contribution >= 4 is 17.7 Å². The van der Waals surface area contributed by atoms with Gasteiger partial charge in [-0.2, -0.15) is 0 Å². The molecule has 5 aromatic rings. The number of likely N-dealkylation sites (N-methyl/N-ethyl adjacent to an activating group) is 2. The Morgan fingerprint density at radius 1 is 0.500 bits per heavy atom. The van der Waals surface area contributed by atoms with E-state index in [-0.39, 0.29) is 41.9 Å². The molecule has 2 atom stereocenters. The van der Waals surface area contributed by atoms with Crippen LogP contribution in [-0.2, 0) is 12.8 Å². The maximum absolute atomic E-state index is 15.0. The Hall–Kier alpha value is -5.49. The molecule has 0 aliphatic carbocycles. The summed E-state index contributed by atoms with van der Waals surface area (Å²) in [6.07, 6.45) is 0.849. The lowest BCUT2D eigenvalue weighted by Crippen LogP contribution is -2.43. The summed E-state index contributed by atoms with van der Waals surface area (Å²) in [5, 5.41) is 0. The SMILES string of the molecule is Cc1cc(C[C@H](c2ccccc2)N(C)C(=O)c2ccccc2)c(C(=O)N(C(C)C)C(C)C)c(C[C@H](c2ccccc2)N(C)C(=O)c2ccccc2)c1. The second-order valence-corrected chi connectivity index (χ2v) is 14.2. The Balaban J connectivity index is 1.67. The molecule has 0 saturated carbocycles. The molecule has 0 aliphatic heterocycles. The lowest BCUT2D eigenvalue weighted by Gasteiger charge is -2.35. The number of carbonyl (C=O) groups is 3. The van der Waals surface area contributed by atoms with Crippen molar-refractivity contribution in [3.63, 3.8) is 0 Å². The highest BCUT2D eigenvalue weighted by atomic mass is 16.2. The molecule has 6 heteroatoms. The van der Waals surface area contributed by atoms with E-state index in [1.165, 1.54) is 0 Å². The summed E-state index contributed by atoms with van der Waals surface area (Å²) in [5.74, 6) is -0.236. The van der Waals surface area contributed by atoms with Crippen molar-refractivity contribution in [2.75, 3.05) is 14.1 Å². The van der Waals surface area contributed by atoms with Gasteiger partial charge in [-0.3, -0.25) is 14.4 Å². The van der Waals surface area contributed by atoms with E-state index in [0.717, 1.165) is 27.8 Å². The van der Waals surface area contributed by atoms with E-state index in [9.17, 15) is 9.59 Å². The molecular weight excluding hydrogens is 643 g/mol. The Kier molecular flexibility index (Phi) is 12.5. The Bertz CT molecular complexity index is 1810. The van der Waals surface area contributed by atoms with Crippen LogP contribution in [0.2, 0.25) is 0 Å². The zero-order valence-corrected chi connectivity index (χ0v) is 31.5. The lowest BCUT2D eigenvalue weighted by molar-refractivity contribution is 0.0640. The number of carbonyl (C=O) groups excluding carboxylic acids is 3. The van der Waals surface area contributed by atoms with Crippen LogP contribution in [0.3, 0.4) is 0 Å². The standard InChI is InChI=1S/C46H51N3O3/c1-32(2)49(33(3)4)46(52)43-39(30-41(35-20-12-8-13-21-35)47(6)44(50)37-24-16-10-17-25-37)28-34(5)29-40(43)31-42(36-22-14-9-15-23-36)48(7)45(51)38-26-18-11-19-27-38/h8-29,32-33,41-42H,30-31H2,1-7H3/t41-,42-/m1/s1. The molecule has 5 rings (SSSR count). The van der Waals surface area contributed by atoms with Crippen LogP contribution in [0, 0.1) is 6.92 Å². The zero-order chi connectivity index (χ0) is 37.4. The molecular formula is C46H51N3O3. The van der Waals surface area contributed by atoms with Crippen molar-refractivity contribution in [2.45, 2.75) is 71.6 Å². The maximum Gasteiger partial charge on any atom is 0.254 e. The highest BCUT2D eigenvalue weighted by Gasteiger charge is 2.32. The van der Waals surface area contributed by atoms with Gasteiger partial charge in [-0.05, 0) is 94.0 Å². The van der Waals surface area contributed by atoms with Crippen LogP contribution in [0.1, 0.15) is 98.7 Å². The highest BCUT2D eigenvalue weighted by molar-refractivity contribution is 5.98. The van der Waals surface area contributed by atoms with Crippen LogP contribution in [0.15, 0.2) is 133 Å². The second kappa shape index (κ2) is 17.1. The van der Waals surface area contributed by atoms with E-state index in [1.54, 1.807) is 9.80 Å². The first-order chi connectivity index (χ1) is 25.0. The Labute approximate surface area is 309 Å². The minimum absolute atomic E-state index is 0.0472. The lowest BCUT2D eigenvalue weighted by atomic mass is 9.86. The van der Waals surface area contributed by atoms with Gasteiger partial charge < -0.3 is 14.7 Å². The summed E-state index contributed by atoms with van der Waals surface area (Å²) in [6, 6.07) is 42.1. The van der Waals surface area contributed by atoms with Gasteiger partial charge in [0.25, 0.3) is 17.7 Å². The van der Waals surface area contributed by atoms with Crippen molar-refractivity contribution < 1.29 is 14.4 Å². The largest absolute Gasteiger partial charge is 0.334 e. The fourth-order valence-corrected chi connectivity index (χ4v) is 7.31. The van der Waals surface area contributed by atoms with Gasteiger partial charge >= 0.3 is 0 Å². The number of rotatable bonds is 13. The molecule has 0 aliphatic rings. The van der Waals surface area contributed by atoms with Gasteiger partial charge in [0.1, 0.15) is 0 Å². The topological polar surface area (TPSA) is 60.9 Å². The molecule has 0 heterocycles. The highest BCUT2D eigenvalue weighted by Crippen LogP contribution is 2.34. The number of amides is 3. The van der Waals surface area contributed by atoms with Crippen LogP contribution in [-0.4, -0.2) is 58.6 Å². The molecule has 6 nitrogen and oxygen atoms in total. The van der Waals surface area contributed by atoms with E-state index in [2.05, 4.69) is 19.1 Å². The Morgan fingerprint density at radius 2 is 0.827 bits per heavy atom. The summed E-state index contributed by atoms with van der Waals surface area (Å²) < 4.78 is 0. The summed E-state index contributed by atoms with van der Waals surface area (Å²) in [6.45, 7) is 10.2. The van der Waals surface area contributed by atoms with Gasteiger partial charge in [0.15, 0.2) is 0 Å². The fourth-order valence-electron chi connectivity index (χ4n) is 7.31. The van der Waals surface area contributed by atoms with Crippen LogP contribution in [0.4, 0.5) is 0 Å². The zero-order valence-electron chi connectivity index (χ0n) is 31.5. The van der Waals surface area contributed by atoms with E-state index < -0.39 is 0 Å². The quantitative estimate of drug-likeness (QED) is 0.124. The van der Waals surface area contributed by atoms with Crippen molar-refractivity contribution in [1.82, 2.24) is 14.7 Å². The van der Waals surface area contributed by atoms with Crippen LogP contribution in [0.5, 0.6) is 0 Å². The third-order valence-corrected chi connectivity index (χ3v) is 9.82. The molecule has 0 fully saturated rings. The average Bonchev–Trinajstić information content (AvgIpc) is 3.15. The third-order valence-electron chi connectivity index (χ3n) is 9.82. The fraction of sp³-hybridized carbons (Fsp3) is 0.283. The van der Waals surface area contributed by atoms with E-state index in [4.69, 9.17) is 0 Å². The van der Waals surface area contributed by atoms with Gasteiger partial charge in [0.2, 0.25) is 0 Å². The summed E-state index contributed by atoms with van der Waals surface area (Å²) in [5.41, 5.74) is 6.56. The molecule has 5 aromatic carbocycles. The number of benzene rings is 5. The molecule has 0 aromatic heterocycles. The molecule has 0 bridgehead atoms. The molecule has 0 spiro atoms. The molecule has 0 radical (unpaired) electrons. The van der Waals surface area contributed by atoms with Crippen LogP contribution in [0.25, 0.3) is 0 Å². The van der Waals surface area contributed by atoms with Gasteiger partial charge in [-0.1, -0.05) is 115 Å². The predicted octanol–water partition coefficient (Wildman–Crippen LogP) is 9.37. The molecule has 3 amide bonds. The van der Waals surface area contributed by atoms with E-state index in [0.29, 0.717) is 29.5 Å². The first-order valence-electron chi connectivity index (χ1n) is 18.2. The maximum atomic E-state index is 15.0. The number of nitrogens with zero attached hydrogens (tertiary/aromatic N) is 3. The van der Waals surface area contributed by atoms with Crippen molar-refractivity contribution in [3.05, 3.63) is 178 Å². The minimum atomic E-state index is -0.353. The first-order valence-corrected chi connectivity index (χ1v) is 18.2. The van der Waals surface area contributed by atoms with Gasteiger partial charge in [-0.25, -0.2) is 0 Å². The van der Waals surface area contributed by atoms with E-state index in [1.807, 2.05) is 168 Å². The average molecular weight is 694 g/mol. The van der Waals surface area contributed by atoms with Crippen LogP contribution < -0.4 is 0 Å². The molecule has 52 heavy (non-hydrogen) atoms. The number of hydrogen-bond acceptors (Lipinski definition) is 3. The first kappa shape index (κ1) is 37.8. The smallest absolute Gasteiger partial charge is 0.254 e. The summed E-state index contributed by atoms with van der Waals surface area (Å²) in [4.78, 5) is 48.5. The van der Waals surface area contributed by atoms with Gasteiger partial charge in [-0.15, -0.1) is 0 Å². The van der Waals surface area contributed by atoms with Gasteiger partial charge in [0.05, 0.1) is 12.1 Å². The predicted molar refractivity (Wildman–Crippen MR) is 210 cm³/mol. The van der Waals surface area contributed by atoms with Gasteiger partial charge in [0, 0.05) is 42.9 Å². The molecule has 268 valence electrons. The molecule has 0 saturated heterocycles. The third kappa shape index (κ3) is 8.68. The van der Waals surface area contributed by atoms with E-state index >= 15 is 4.79 Å². The Morgan fingerprint density at radius 3 is 1.15 bits per heavy atom. The van der Waals surface area contributed by atoms with Crippen molar-refractivity contribution in [2.24, 2.45) is 0 Å². The number of aryl methyl sites for hydroxylation is 1. The summed E-state index contributed by atoms with van der Waals surface area (Å²) in [7, 11) is 3.69. The normalized spacial score (nSPS) is 12.3. The summed E-state index contributed by atoms with van der Waals surface area (Å²) >= 11 is 0. The monoisotopic (exact) mass is 693 g/mol. The number of hydrogen-bond donors (Lipinski definition) is 0. The minimum Gasteiger partial charge on any atom is -0.334 e.